The molecule has 8 nitrogen and oxygen atoms in total. The number of para-hydroxylation sites is 1. The first-order valence-electron chi connectivity index (χ1n) is 10.7. The molecular formula is C24H28N2O6S. The predicted molar refractivity (Wildman–Crippen MR) is 127 cm³/mol. The molecule has 176 valence electrons. The summed E-state index contributed by atoms with van der Waals surface area (Å²) in [6, 6.07) is 7.80. The molecule has 0 saturated heterocycles. The maximum Gasteiger partial charge on any atom is 0.348 e. The smallest absolute Gasteiger partial charge is 0.348 e. The van der Waals surface area contributed by atoms with Crippen molar-refractivity contribution in [3.8, 4) is 0 Å². The highest BCUT2D eigenvalue weighted by Crippen LogP contribution is 2.35. The molecule has 0 aliphatic rings. The van der Waals surface area contributed by atoms with Gasteiger partial charge in [0, 0.05) is 24.6 Å². The van der Waals surface area contributed by atoms with Crippen LogP contribution in [0.3, 0.4) is 0 Å². The molecule has 1 aromatic carbocycles. The van der Waals surface area contributed by atoms with Gasteiger partial charge >= 0.3 is 11.9 Å². The molecule has 0 fully saturated rings. The second kappa shape index (κ2) is 10.6. The number of nitrogens with zero attached hydrogens (tertiary/aromatic N) is 1. The Hall–Kier alpha value is -3.17. The van der Waals surface area contributed by atoms with Gasteiger partial charge < -0.3 is 24.1 Å². The molecule has 0 spiro atoms. The molecule has 1 N–H and O–H groups in total. The molecule has 33 heavy (non-hydrogen) atoms. The topological polar surface area (TPSA) is 95.9 Å². The van der Waals surface area contributed by atoms with E-state index in [0.717, 1.165) is 27.8 Å². The number of esters is 2. The number of fused-ring (bicyclic) bond motifs is 1. The summed E-state index contributed by atoms with van der Waals surface area (Å²) in [5, 5.41) is 4.09. The number of aryl methyl sites for hydroxylation is 2. The summed E-state index contributed by atoms with van der Waals surface area (Å²) < 4.78 is 17.2. The number of carbonyl (C=O) groups is 3. The van der Waals surface area contributed by atoms with Gasteiger partial charge in [-0.3, -0.25) is 4.79 Å². The number of hydrogen-bond acceptors (Lipinski definition) is 7. The summed E-state index contributed by atoms with van der Waals surface area (Å²) in [5.41, 5.74) is 2.87. The lowest BCUT2D eigenvalue weighted by Crippen LogP contribution is -2.19. The second-order valence-corrected chi connectivity index (χ2v) is 8.32. The van der Waals surface area contributed by atoms with Crippen molar-refractivity contribution in [2.75, 3.05) is 32.2 Å². The van der Waals surface area contributed by atoms with Crippen molar-refractivity contribution < 1.29 is 28.6 Å². The summed E-state index contributed by atoms with van der Waals surface area (Å²) in [7, 11) is 1.51. The number of ether oxygens (including phenoxy) is 3. The molecule has 0 aliphatic carbocycles. The number of anilines is 1. The molecule has 3 rings (SSSR count). The first-order chi connectivity index (χ1) is 15.8. The van der Waals surface area contributed by atoms with Crippen molar-refractivity contribution >= 4 is 45.1 Å². The van der Waals surface area contributed by atoms with Crippen LogP contribution in [0.1, 0.15) is 55.5 Å². The fourth-order valence-corrected chi connectivity index (χ4v) is 4.87. The lowest BCUT2D eigenvalue weighted by molar-refractivity contribution is 0.0392. The third kappa shape index (κ3) is 4.79. The molecule has 3 aromatic rings. The van der Waals surface area contributed by atoms with Crippen LogP contribution in [0, 0.1) is 13.8 Å². The highest BCUT2D eigenvalue weighted by Gasteiger charge is 2.29. The normalized spacial score (nSPS) is 10.9. The fraction of sp³-hybridized carbons (Fsp3) is 0.375. The third-order valence-electron chi connectivity index (χ3n) is 5.31. The number of amides is 1. The Balaban J connectivity index is 2.02. The minimum atomic E-state index is -0.606. The van der Waals surface area contributed by atoms with Gasteiger partial charge in [0.1, 0.15) is 22.2 Å². The van der Waals surface area contributed by atoms with E-state index in [1.807, 2.05) is 42.7 Å². The minimum absolute atomic E-state index is 0.0822. The van der Waals surface area contributed by atoms with E-state index >= 15 is 0 Å². The van der Waals surface area contributed by atoms with Crippen LogP contribution >= 0.6 is 11.3 Å². The summed E-state index contributed by atoms with van der Waals surface area (Å²) in [5.74, 6) is -1.55. The average Bonchev–Trinajstić information content (AvgIpc) is 3.27. The first-order valence-corrected chi connectivity index (χ1v) is 11.5. The highest BCUT2D eigenvalue weighted by molar-refractivity contribution is 7.18. The van der Waals surface area contributed by atoms with Crippen LogP contribution in [0.15, 0.2) is 24.3 Å². The van der Waals surface area contributed by atoms with Gasteiger partial charge in [-0.25, -0.2) is 9.59 Å². The van der Waals surface area contributed by atoms with Gasteiger partial charge in [-0.1, -0.05) is 18.2 Å². The zero-order chi connectivity index (χ0) is 24.1. The van der Waals surface area contributed by atoms with Crippen LogP contribution in [0.2, 0.25) is 0 Å². The first kappa shape index (κ1) is 24.5. The number of hydrogen-bond donors (Lipinski definition) is 1. The maximum atomic E-state index is 13.4. The Kier molecular flexibility index (Phi) is 7.88. The van der Waals surface area contributed by atoms with E-state index in [9.17, 15) is 14.4 Å². The van der Waals surface area contributed by atoms with Gasteiger partial charge in [0.25, 0.3) is 5.91 Å². The Labute approximate surface area is 196 Å². The van der Waals surface area contributed by atoms with E-state index in [1.54, 1.807) is 13.8 Å². The molecule has 0 saturated carbocycles. The summed E-state index contributed by atoms with van der Waals surface area (Å²) in [6.45, 7) is 8.30. The molecule has 2 heterocycles. The van der Waals surface area contributed by atoms with Crippen molar-refractivity contribution in [1.82, 2.24) is 4.57 Å². The standard InChI is InChI=1S/C24H28N2O6S/c1-6-26-17-11-9-8-10-16(17)14(3)19(26)21(27)25-22-18(23(28)31-7-2)15(4)20(33-22)24(29)32-13-12-30-5/h8-11H,6-7,12-13H2,1-5H3,(H,25,27). The van der Waals surface area contributed by atoms with Gasteiger partial charge in [0.15, 0.2) is 0 Å². The van der Waals surface area contributed by atoms with Crippen molar-refractivity contribution in [2.24, 2.45) is 0 Å². The Bertz CT molecular complexity index is 1190. The van der Waals surface area contributed by atoms with E-state index < -0.39 is 11.9 Å². The molecular weight excluding hydrogens is 444 g/mol. The quantitative estimate of drug-likeness (QED) is 0.362. The highest BCUT2D eigenvalue weighted by atomic mass is 32.1. The summed E-state index contributed by atoms with van der Waals surface area (Å²) in [4.78, 5) is 38.9. The monoisotopic (exact) mass is 472 g/mol. The van der Waals surface area contributed by atoms with Crippen molar-refractivity contribution in [1.29, 1.82) is 0 Å². The molecule has 9 heteroatoms. The fourth-order valence-electron chi connectivity index (χ4n) is 3.79. The van der Waals surface area contributed by atoms with Crippen molar-refractivity contribution in [2.45, 2.75) is 34.2 Å². The van der Waals surface area contributed by atoms with Gasteiger partial charge in [-0.05, 0) is 44.9 Å². The molecule has 0 radical (unpaired) electrons. The number of rotatable bonds is 9. The summed E-state index contributed by atoms with van der Waals surface area (Å²) >= 11 is 0.998. The predicted octanol–water partition coefficient (Wildman–Crippen LogP) is 4.57. The van der Waals surface area contributed by atoms with Crippen molar-refractivity contribution in [3.05, 3.63) is 51.5 Å². The van der Waals surface area contributed by atoms with Crippen LogP contribution in [-0.4, -0.2) is 49.3 Å². The second-order valence-electron chi connectivity index (χ2n) is 7.30. The lowest BCUT2D eigenvalue weighted by atomic mass is 10.1. The van der Waals surface area contributed by atoms with E-state index in [-0.39, 0.29) is 41.2 Å². The molecule has 2 aromatic heterocycles. The number of methoxy groups -OCH3 is 1. The Morgan fingerprint density at radius 2 is 1.73 bits per heavy atom. The van der Waals surface area contributed by atoms with Gasteiger partial charge in [-0.2, -0.15) is 0 Å². The lowest BCUT2D eigenvalue weighted by Gasteiger charge is -2.10. The van der Waals surface area contributed by atoms with Crippen LogP contribution < -0.4 is 5.32 Å². The van der Waals surface area contributed by atoms with Crippen molar-refractivity contribution in [3.63, 3.8) is 0 Å². The van der Waals surface area contributed by atoms with E-state index in [4.69, 9.17) is 14.2 Å². The van der Waals surface area contributed by atoms with E-state index in [0.29, 0.717) is 17.8 Å². The number of thiophene rings is 1. The SMILES string of the molecule is CCOC(=O)c1c(NC(=O)c2c(C)c3ccccc3n2CC)sc(C(=O)OCCOC)c1C. The molecule has 0 bridgehead atoms. The zero-order valence-electron chi connectivity index (χ0n) is 19.4. The minimum Gasteiger partial charge on any atom is -0.462 e. The van der Waals surface area contributed by atoms with Crippen LogP contribution in [0.5, 0.6) is 0 Å². The van der Waals surface area contributed by atoms with Crippen LogP contribution in [-0.2, 0) is 20.8 Å². The van der Waals surface area contributed by atoms with Crippen LogP contribution in [0.25, 0.3) is 10.9 Å². The van der Waals surface area contributed by atoms with Gasteiger partial charge in [0.05, 0.1) is 18.8 Å². The Morgan fingerprint density at radius 3 is 2.39 bits per heavy atom. The summed E-state index contributed by atoms with van der Waals surface area (Å²) in [6.07, 6.45) is 0. The largest absolute Gasteiger partial charge is 0.462 e. The number of carbonyl (C=O) groups excluding carboxylic acids is 3. The van der Waals surface area contributed by atoms with Gasteiger partial charge in [-0.15, -0.1) is 11.3 Å². The molecule has 0 aliphatic heterocycles. The molecule has 0 atom stereocenters. The zero-order valence-corrected chi connectivity index (χ0v) is 20.3. The number of nitrogens with one attached hydrogen (secondary N) is 1. The molecule has 1 amide bonds. The van der Waals surface area contributed by atoms with E-state index in [1.165, 1.54) is 7.11 Å². The maximum absolute atomic E-state index is 13.4. The molecule has 0 unspecified atom stereocenters. The number of benzene rings is 1. The Morgan fingerprint density at radius 1 is 1.00 bits per heavy atom. The van der Waals surface area contributed by atoms with E-state index in [2.05, 4.69) is 5.32 Å². The van der Waals surface area contributed by atoms with Gasteiger partial charge in [0.2, 0.25) is 0 Å². The number of aromatic nitrogens is 1. The average molecular weight is 473 g/mol. The van der Waals surface area contributed by atoms with Crippen LogP contribution in [0.4, 0.5) is 5.00 Å². The third-order valence-corrected chi connectivity index (χ3v) is 6.50.